The SMILES string of the molecule is COc1cc(O)c(C(=N)N(c2ccc(CN3CCN(C)CC3)cc2)C(N)C(=O)NC(C)C)cc1C(C)C. The summed E-state index contributed by atoms with van der Waals surface area (Å²) in [5, 5.41) is 22.7. The average Bonchev–Trinajstić information content (AvgIpc) is 2.85. The molecule has 1 aliphatic heterocycles. The molecule has 0 bridgehead atoms. The number of piperazine rings is 1. The highest BCUT2D eigenvalue weighted by molar-refractivity contribution is 6.12. The van der Waals surface area contributed by atoms with Crippen LogP contribution in [0, 0.1) is 5.41 Å². The number of anilines is 1. The van der Waals surface area contributed by atoms with Gasteiger partial charge in [-0.2, -0.15) is 0 Å². The van der Waals surface area contributed by atoms with E-state index in [9.17, 15) is 9.90 Å². The Bertz CT molecular complexity index is 1080. The van der Waals surface area contributed by atoms with Gasteiger partial charge < -0.3 is 30.7 Å². The van der Waals surface area contributed by atoms with Gasteiger partial charge in [0.25, 0.3) is 5.91 Å². The van der Waals surface area contributed by atoms with Crippen LogP contribution in [0.3, 0.4) is 0 Å². The molecule has 0 saturated carbocycles. The molecular weight excluding hydrogens is 468 g/mol. The summed E-state index contributed by atoms with van der Waals surface area (Å²) < 4.78 is 5.44. The Hall–Kier alpha value is -3.14. The van der Waals surface area contributed by atoms with Gasteiger partial charge in [0.1, 0.15) is 17.3 Å². The summed E-state index contributed by atoms with van der Waals surface area (Å²) in [5.74, 6) is 0.0612. The molecule has 1 saturated heterocycles. The van der Waals surface area contributed by atoms with Gasteiger partial charge in [0, 0.05) is 50.5 Å². The predicted octanol–water partition coefficient (Wildman–Crippen LogP) is 2.91. The molecule has 1 fully saturated rings. The van der Waals surface area contributed by atoms with Crippen molar-refractivity contribution in [3.8, 4) is 11.5 Å². The van der Waals surface area contributed by atoms with E-state index in [0.717, 1.165) is 43.9 Å². The van der Waals surface area contributed by atoms with Crippen LogP contribution in [0.1, 0.15) is 50.3 Å². The molecule has 0 radical (unpaired) electrons. The molecule has 37 heavy (non-hydrogen) atoms. The second-order valence-corrected chi connectivity index (χ2v) is 10.3. The minimum Gasteiger partial charge on any atom is -0.507 e. The first kappa shape index (κ1) is 28.4. The Labute approximate surface area is 220 Å². The van der Waals surface area contributed by atoms with Crippen molar-refractivity contribution in [2.24, 2.45) is 5.73 Å². The Morgan fingerprint density at radius 3 is 2.30 bits per heavy atom. The van der Waals surface area contributed by atoms with Crippen LogP contribution < -0.4 is 20.7 Å². The molecule has 1 amide bonds. The van der Waals surface area contributed by atoms with Crippen molar-refractivity contribution in [3.63, 3.8) is 0 Å². The quantitative estimate of drug-likeness (QED) is 0.233. The maximum Gasteiger partial charge on any atom is 0.258 e. The third kappa shape index (κ3) is 7.00. The number of nitrogens with one attached hydrogen (secondary N) is 2. The first-order valence-corrected chi connectivity index (χ1v) is 12.9. The number of phenols is 1. The number of aromatic hydroxyl groups is 1. The number of likely N-dealkylation sites (N-methyl/N-ethyl adjacent to an activating group) is 1. The Morgan fingerprint density at radius 2 is 1.76 bits per heavy atom. The fourth-order valence-electron chi connectivity index (χ4n) is 4.48. The summed E-state index contributed by atoms with van der Waals surface area (Å²) in [5.41, 5.74) is 9.31. The summed E-state index contributed by atoms with van der Waals surface area (Å²) in [6, 6.07) is 10.9. The molecule has 2 aromatic rings. The highest BCUT2D eigenvalue weighted by Gasteiger charge is 2.29. The molecule has 1 aliphatic rings. The van der Waals surface area contributed by atoms with Crippen LogP contribution in [0.5, 0.6) is 11.5 Å². The number of hydrogen-bond acceptors (Lipinski definition) is 7. The van der Waals surface area contributed by atoms with Crippen molar-refractivity contribution in [2.75, 3.05) is 45.2 Å². The minimum absolute atomic E-state index is 0.0692. The van der Waals surface area contributed by atoms with E-state index in [2.05, 4.69) is 22.2 Å². The Kier molecular flexibility index (Phi) is 9.53. The minimum atomic E-state index is -1.16. The first-order chi connectivity index (χ1) is 17.5. The molecule has 3 rings (SSSR count). The smallest absolute Gasteiger partial charge is 0.258 e. The molecule has 0 aromatic heterocycles. The lowest BCUT2D eigenvalue weighted by Crippen LogP contribution is -2.56. The van der Waals surface area contributed by atoms with Crippen LogP contribution in [0.2, 0.25) is 0 Å². The summed E-state index contributed by atoms with van der Waals surface area (Å²) in [6.07, 6.45) is -1.16. The van der Waals surface area contributed by atoms with Gasteiger partial charge in [0.05, 0.1) is 12.7 Å². The summed E-state index contributed by atoms with van der Waals surface area (Å²) in [7, 11) is 3.69. The zero-order valence-corrected chi connectivity index (χ0v) is 22.9. The van der Waals surface area contributed by atoms with Gasteiger partial charge in [-0.3, -0.25) is 15.1 Å². The van der Waals surface area contributed by atoms with E-state index in [-0.39, 0.29) is 29.1 Å². The number of rotatable bonds is 9. The van der Waals surface area contributed by atoms with Crippen molar-refractivity contribution < 1.29 is 14.6 Å². The molecule has 1 unspecified atom stereocenters. The van der Waals surface area contributed by atoms with Gasteiger partial charge >= 0.3 is 0 Å². The molecule has 2 aromatic carbocycles. The van der Waals surface area contributed by atoms with Crippen molar-refractivity contribution in [3.05, 3.63) is 53.1 Å². The first-order valence-electron chi connectivity index (χ1n) is 12.9. The molecule has 1 atom stereocenters. The van der Waals surface area contributed by atoms with E-state index < -0.39 is 12.1 Å². The maximum atomic E-state index is 13.0. The number of nitrogens with two attached hydrogens (primary N) is 1. The van der Waals surface area contributed by atoms with E-state index in [0.29, 0.717) is 11.4 Å². The molecular formula is C28H42N6O3. The fraction of sp³-hybridized carbons (Fsp3) is 0.500. The number of carbonyl (C=O) groups excluding carboxylic acids is 1. The molecule has 202 valence electrons. The second-order valence-electron chi connectivity index (χ2n) is 10.3. The van der Waals surface area contributed by atoms with E-state index in [1.807, 2.05) is 52.0 Å². The lowest BCUT2D eigenvalue weighted by atomic mass is 9.97. The van der Waals surface area contributed by atoms with Gasteiger partial charge in [0.15, 0.2) is 6.17 Å². The molecule has 5 N–H and O–H groups in total. The summed E-state index contributed by atoms with van der Waals surface area (Å²) in [6.45, 7) is 12.7. The number of hydrogen-bond donors (Lipinski definition) is 4. The van der Waals surface area contributed by atoms with Crippen LogP contribution in [-0.4, -0.2) is 79.2 Å². The van der Waals surface area contributed by atoms with Crippen molar-refractivity contribution in [1.82, 2.24) is 15.1 Å². The maximum absolute atomic E-state index is 13.0. The van der Waals surface area contributed by atoms with E-state index >= 15 is 0 Å². The highest BCUT2D eigenvalue weighted by atomic mass is 16.5. The topological polar surface area (TPSA) is 118 Å². The van der Waals surface area contributed by atoms with E-state index in [4.69, 9.17) is 15.9 Å². The summed E-state index contributed by atoms with van der Waals surface area (Å²) in [4.78, 5) is 19.2. The highest BCUT2D eigenvalue weighted by Crippen LogP contribution is 2.34. The number of phenolic OH excluding ortho intramolecular Hbond substituents is 1. The van der Waals surface area contributed by atoms with Gasteiger partial charge in [-0.15, -0.1) is 0 Å². The number of benzene rings is 2. The number of amidine groups is 1. The lowest BCUT2D eigenvalue weighted by Gasteiger charge is -2.33. The summed E-state index contributed by atoms with van der Waals surface area (Å²) >= 11 is 0. The molecule has 9 nitrogen and oxygen atoms in total. The van der Waals surface area contributed by atoms with Gasteiger partial charge in [-0.1, -0.05) is 26.0 Å². The van der Waals surface area contributed by atoms with Crippen LogP contribution in [0.4, 0.5) is 5.69 Å². The number of ether oxygens (including phenoxy) is 1. The van der Waals surface area contributed by atoms with Crippen LogP contribution >= 0.6 is 0 Å². The third-order valence-corrected chi connectivity index (χ3v) is 6.66. The van der Waals surface area contributed by atoms with E-state index in [1.54, 1.807) is 13.2 Å². The number of methoxy groups -OCH3 is 1. The Balaban J connectivity index is 1.95. The third-order valence-electron chi connectivity index (χ3n) is 6.66. The fourth-order valence-corrected chi connectivity index (χ4v) is 4.48. The van der Waals surface area contributed by atoms with Crippen LogP contribution in [-0.2, 0) is 11.3 Å². The number of amides is 1. The van der Waals surface area contributed by atoms with Gasteiger partial charge in [-0.05, 0) is 56.1 Å². The van der Waals surface area contributed by atoms with Crippen LogP contribution in [0.15, 0.2) is 36.4 Å². The van der Waals surface area contributed by atoms with Crippen molar-refractivity contribution in [2.45, 2.75) is 52.4 Å². The molecule has 9 heteroatoms. The molecule has 0 aliphatic carbocycles. The molecule has 0 spiro atoms. The second kappa shape index (κ2) is 12.4. The lowest BCUT2D eigenvalue weighted by molar-refractivity contribution is -0.122. The Morgan fingerprint density at radius 1 is 1.14 bits per heavy atom. The van der Waals surface area contributed by atoms with Gasteiger partial charge in [0.2, 0.25) is 0 Å². The largest absolute Gasteiger partial charge is 0.507 e. The predicted molar refractivity (Wildman–Crippen MR) is 149 cm³/mol. The van der Waals surface area contributed by atoms with Crippen molar-refractivity contribution in [1.29, 1.82) is 5.41 Å². The van der Waals surface area contributed by atoms with Crippen LogP contribution in [0.25, 0.3) is 0 Å². The monoisotopic (exact) mass is 510 g/mol. The zero-order chi connectivity index (χ0) is 27.3. The standard InChI is InChI=1S/C28H42N6O3/c1-18(2)22-15-23(24(35)16-25(22)37-6)26(29)34(27(30)28(36)31-19(3)4)21-9-7-20(8-10-21)17-33-13-11-32(5)12-14-33/h7-10,15-16,18-19,27,29,35H,11-14,17,30H2,1-6H3,(H,31,36). The zero-order valence-electron chi connectivity index (χ0n) is 22.9. The van der Waals surface area contributed by atoms with Crippen molar-refractivity contribution >= 4 is 17.4 Å². The van der Waals surface area contributed by atoms with E-state index in [1.165, 1.54) is 11.0 Å². The number of nitrogens with zero attached hydrogens (tertiary/aromatic N) is 3. The normalized spacial score (nSPS) is 15.6. The average molecular weight is 511 g/mol. The van der Waals surface area contributed by atoms with Gasteiger partial charge in [-0.25, -0.2) is 0 Å². The number of carbonyl (C=O) groups is 1. The molecule has 1 heterocycles.